The summed E-state index contributed by atoms with van der Waals surface area (Å²) in [5.74, 6) is -0.103. The Labute approximate surface area is 174 Å². The Bertz CT molecular complexity index is 1340. The summed E-state index contributed by atoms with van der Waals surface area (Å²) in [5, 5.41) is 8.87. The van der Waals surface area contributed by atoms with E-state index in [1.807, 2.05) is 48.5 Å². The highest BCUT2D eigenvalue weighted by Gasteiger charge is 2.10. The van der Waals surface area contributed by atoms with E-state index in [1.165, 1.54) is 10.8 Å². The predicted octanol–water partition coefficient (Wildman–Crippen LogP) is 5.49. The van der Waals surface area contributed by atoms with Crippen molar-refractivity contribution in [3.05, 3.63) is 96.6 Å². The van der Waals surface area contributed by atoms with E-state index in [-0.39, 0.29) is 5.91 Å². The van der Waals surface area contributed by atoms with Crippen molar-refractivity contribution in [3.63, 3.8) is 0 Å². The number of nitrogens with zero attached hydrogens (tertiary/aromatic N) is 2. The Kier molecular flexibility index (Phi) is 4.74. The van der Waals surface area contributed by atoms with Crippen LogP contribution in [0.2, 0.25) is 0 Å². The van der Waals surface area contributed by atoms with Crippen molar-refractivity contribution in [3.8, 4) is 0 Å². The van der Waals surface area contributed by atoms with Gasteiger partial charge in [-0.3, -0.25) is 4.79 Å². The zero-order chi connectivity index (χ0) is 20.3. The molecule has 0 aliphatic carbocycles. The zero-order valence-corrected chi connectivity index (χ0v) is 16.5. The molecule has 0 aliphatic heterocycles. The maximum atomic E-state index is 12.4. The highest BCUT2D eigenvalue weighted by molar-refractivity contribution is 6.08. The average Bonchev–Trinajstić information content (AvgIpc) is 3.12. The first-order valence-electron chi connectivity index (χ1n) is 10.1. The summed E-state index contributed by atoms with van der Waals surface area (Å²) in [4.78, 5) is 12.4. The molecule has 4 nitrogen and oxygen atoms in total. The van der Waals surface area contributed by atoms with Gasteiger partial charge in [0.05, 0.1) is 6.21 Å². The summed E-state index contributed by atoms with van der Waals surface area (Å²) in [6, 6.07) is 30.8. The number of aromatic nitrogens is 1. The lowest BCUT2D eigenvalue weighted by atomic mass is 10.1. The van der Waals surface area contributed by atoms with E-state index in [0.717, 1.165) is 27.4 Å². The van der Waals surface area contributed by atoms with Crippen molar-refractivity contribution in [2.75, 3.05) is 0 Å². The first kappa shape index (κ1) is 18.1. The average molecular weight is 391 g/mol. The van der Waals surface area contributed by atoms with E-state index in [2.05, 4.69) is 57.6 Å². The fraction of sp³-hybridized carbons (Fsp3) is 0.0769. The summed E-state index contributed by atoms with van der Waals surface area (Å²) < 4.78 is 2.21. The molecule has 4 aromatic carbocycles. The number of hydrazone groups is 1. The minimum Gasteiger partial charge on any atom is -0.340 e. The monoisotopic (exact) mass is 391 g/mol. The van der Waals surface area contributed by atoms with E-state index >= 15 is 0 Å². The summed E-state index contributed by atoms with van der Waals surface area (Å²) in [7, 11) is 0. The largest absolute Gasteiger partial charge is 0.340 e. The van der Waals surface area contributed by atoms with Crippen LogP contribution in [0.1, 0.15) is 12.0 Å². The Morgan fingerprint density at radius 3 is 2.10 bits per heavy atom. The van der Waals surface area contributed by atoms with Crippen molar-refractivity contribution >= 4 is 44.7 Å². The summed E-state index contributed by atoms with van der Waals surface area (Å²) >= 11 is 0. The molecular formula is C26H21N3O. The predicted molar refractivity (Wildman–Crippen MR) is 124 cm³/mol. The number of hydrogen-bond donors (Lipinski definition) is 1. The number of benzene rings is 4. The molecule has 1 N–H and O–H groups in total. The first-order chi connectivity index (χ1) is 14.8. The molecule has 0 spiro atoms. The number of hydrogen-bond acceptors (Lipinski definition) is 2. The van der Waals surface area contributed by atoms with Gasteiger partial charge in [0, 0.05) is 40.3 Å². The van der Waals surface area contributed by atoms with Crippen molar-refractivity contribution in [1.29, 1.82) is 0 Å². The van der Waals surface area contributed by atoms with Gasteiger partial charge >= 0.3 is 0 Å². The highest BCUT2D eigenvalue weighted by Crippen LogP contribution is 2.28. The maximum Gasteiger partial charge on any atom is 0.241 e. The SMILES string of the molecule is O=C(CCn1c2ccccc2c2ccccc21)N/N=C/c1cccc2ccccc12. The smallest absolute Gasteiger partial charge is 0.241 e. The molecule has 1 aromatic heterocycles. The van der Waals surface area contributed by atoms with Crippen LogP contribution in [0, 0.1) is 0 Å². The van der Waals surface area contributed by atoms with E-state index in [4.69, 9.17) is 0 Å². The van der Waals surface area contributed by atoms with Crippen molar-refractivity contribution in [2.45, 2.75) is 13.0 Å². The van der Waals surface area contributed by atoms with Crippen LogP contribution < -0.4 is 5.43 Å². The van der Waals surface area contributed by atoms with Crippen LogP contribution in [0.25, 0.3) is 32.6 Å². The van der Waals surface area contributed by atoms with E-state index in [0.29, 0.717) is 13.0 Å². The molecular weight excluding hydrogens is 370 g/mol. The molecule has 0 fully saturated rings. The van der Waals surface area contributed by atoms with Crippen LogP contribution in [0.3, 0.4) is 0 Å². The Hall–Kier alpha value is -3.92. The van der Waals surface area contributed by atoms with Crippen LogP contribution in [0.5, 0.6) is 0 Å². The van der Waals surface area contributed by atoms with Gasteiger partial charge in [0.1, 0.15) is 0 Å². The molecule has 0 saturated heterocycles. The molecule has 146 valence electrons. The van der Waals surface area contributed by atoms with Crippen LogP contribution in [-0.2, 0) is 11.3 Å². The number of nitrogens with one attached hydrogen (secondary N) is 1. The molecule has 5 aromatic rings. The van der Waals surface area contributed by atoms with Gasteiger partial charge < -0.3 is 4.57 Å². The number of carbonyl (C=O) groups excluding carboxylic acids is 1. The lowest BCUT2D eigenvalue weighted by Gasteiger charge is -2.07. The van der Waals surface area contributed by atoms with E-state index in [1.54, 1.807) is 6.21 Å². The van der Waals surface area contributed by atoms with Crippen LogP contribution in [-0.4, -0.2) is 16.7 Å². The molecule has 1 amide bonds. The number of rotatable bonds is 5. The van der Waals surface area contributed by atoms with Crippen LogP contribution in [0.4, 0.5) is 0 Å². The topological polar surface area (TPSA) is 46.4 Å². The van der Waals surface area contributed by atoms with Crippen molar-refractivity contribution in [2.24, 2.45) is 5.10 Å². The molecule has 0 unspecified atom stereocenters. The number of aryl methyl sites for hydroxylation is 1. The number of amides is 1. The van der Waals surface area contributed by atoms with E-state index < -0.39 is 0 Å². The van der Waals surface area contributed by atoms with Crippen molar-refractivity contribution < 1.29 is 4.79 Å². The minimum atomic E-state index is -0.103. The minimum absolute atomic E-state index is 0.103. The fourth-order valence-electron chi connectivity index (χ4n) is 4.05. The Morgan fingerprint density at radius 2 is 1.37 bits per heavy atom. The molecule has 1 heterocycles. The second-order valence-electron chi connectivity index (χ2n) is 7.30. The Balaban J connectivity index is 1.31. The molecule has 0 radical (unpaired) electrons. The normalized spacial score (nSPS) is 11.6. The van der Waals surface area contributed by atoms with Crippen LogP contribution in [0.15, 0.2) is 96.1 Å². The number of para-hydroxylation sites is 2. The van der Waals surface area contributed by atoms with Gasteiger partial charge in [0.25, 0.3) is 0 Å². The fourth-order valence-corrected chi connectivity index (χ4v) is 4.05. The zero-order valence-electron chi connectivity index (χ0n) is 16.5. The third-order valence-electron chi connectivity index (χ3n) is 5.46. The second-order valence-corrected chi connectivity index (χ2v) is 7.30. The molecule has 0 atom stereocenters. The van der Waals surface area contributed by atoms with Gasteiger partial charge in [0.2, 0.25) is 5.91 Å². The molecule has 0 bridgehead atoms. The molecule has 0 saturated carbocycles. The number of carbonyl (C=O) groups is 1. The molecule has 5 rings (SSSR count). The van der Waals surface area contributed by atoms with Gasteiger partial charge in [-0.25, -0.2) is 5.43 Å². The number of fused-ring (bicyclic) bond motifs is 4. The third-order valence-corrected chi connectivity index (χ3v) is 5.46. The quantitative estimate of drug-likeness (QED) is 0.313. The van der Waals surface area contributed by atoms with Gasteiger partial charge in [-0.2, -0.15) is 5.10 Å². The summed E-state index contributed by atoms with van der Waals surface area (Å²) in [6.07, 6.45) is 2.07. The Morgan fingerprint density at radius 1 is 0.767 bits per heavy atom. The molecule has 0 aliphatic rings. The van der Waals surface area contributed by atoms with Crippen molar-refractivity contribution in [1.82, 2.24) is 9.99 Å². The standard InChI is InChI=1S/C26H21N3O/c30-26(28-27-18-20-10-7-9-19-8-1-2-11-21(19)20)16-17-29-24-14-5-3-12-22(24)23-13-4-6-15-25(23)29/h1-15,18H,16-17H2,(H,28,30)/b27-18+. The first-order valence-corrected chi connectivity index (χ1v) is 10.1. The lowest BCUT2D eigenvalue weighted by molar-refractivity contribution is -0.121. The van der Waals surface area contributed by atoms with Gasteiger partial charge in [0.15, 0.2) is 0 Å². The summed E-state index contributed by atoms with van der Waals surface area (Å²) in [6.45, 7) is 0.601. The lowest BCUT2D eigenvalue weighted by Crippen LogP contribution is -2.19. The van der Waals surface area contributed by atoms with Gasteiger partial charge in [-0.05, 0) is 22.9 Å². The molecule has 4 heteroatoms. The third kappa shape index (κ3) is 3.33. The van der Waals surface area contributed by atoms with E-state index in [9.17, 15) is 4.79 Å². The highest BCUT2D eigenvalue weighted by atomic mass is 16.2. The van der Waals surface area contributed by atoms with Gasteiger partial charge in [-0.15, -0.1) is 0 Å². The summed E-state index contributed by atoms with van der Waals surface area (Å²) in [5.41, 5.74) is 5.94. The molecule has 30 heavy (non-hydrogen) atoms. The second kappa shape index (κ2) is 7.84. The van der Waals surface area contributed by atoms with Crippen LogP contribution >= 0.6 is 0 Å². The maximum absolute atomic E-state index is 12.4. The van der Waals surface area contributed by atoms with Gasteiger partial charge in [-0.1, -0.05) is 78.9 Å².